The van der Waals surface area contributed by atoms with Gasteiger partial charge < -0.3 is 15.5 Å². The number of amides is 1. The molecule has 0 bridgehead atoms. The first kappa shape index (κ1) is 21.1. The summed E-state index contributed by atoms with van der Waals surface area (Å²) < 4.78 is 26.8. The van der Waals surface area contributed by atoms with E-state index < -0.39 is 11.6 Å². The van der Waals surface area contributed by atoms with Crippen LogP contribution in [0.3, 0.4) is 0 Å². The van der Waals surface area contributed by atoms with Crippen LogP contribution in [0.2, 0.25) is 0 Å². The van der Waals surface area contributed by atoms with Crippen molar-refractivity contribution >= 4 is 17.7 Å². The fourth-order valence-corrected chi connectivity index (χ4v) is 4.10. The number of nitrogens with one attached hydrogen (secondary N) is 2. The maximum absolute atomic E-state index is 13.6. The van der Waals surface area contributed by atoms with Gasteiger partial charge in [-0.15, -0.1) is 0 Å². The second kappa shape index (κ2) is 10.8. The molecule has 2 atom stereocenters. The van der Waals surface area contributed by atoms with Crippen molar-refractivity contribution in [2.24, 2.45) is 0 Å². The molecule has 1 fully saturated rings. The van der Waals surface area contributed by atoms with Crippen molar-refractivity contribution in [1.82, 2.24) is 15.5 Å². The Bertz CT molecular complexity index is 584. The molecule has 1 amide bonds. The molecule has 1 aliphatic heterocycles. The summed E-state index contributed by atoms with van der Waals surface area (Å²) >= 11 is 1.63. The number of hydrogen-bond donors (Lipinski definition) is 2. The number of thioether (sulfide) groups is 1. The second-order valence-corrected chi connectivity index (χ2v) is 7.63. The average molecular weight is 386 g/mol. The molecule has 0 spiro atoms. The molecule has 0 aromatic heterocycles. The minimum atomic E-state index is -0.840. The minimum absolute atomic E-state index is 0.00373. The SMILES string of the molecule is CCN(CC)CCSCC(=O)NC1CNCCC1c1ccc(F)c(F)c1. The van der Waals surface area contributed by atoms with E-state index in [0.717, 1.165) is 50.0 Å². The highest BCUT2D eigenvalue weighted by atomic mass is 32.2. The summed E-state index contributed by atoms with van der Waals surface area (Å²) in [6, 6.07) is 3.93. The number of piperidine rings is 1. The number of nitrogens with zero attached hydrogens (tertiary/aromatic N) is 1. The van der Waals surface area contributed by atoms with E-state index in [1.54, 1.807) is 17.8 Å². The van der Waals surface area contributed by atoms with Crippen molar-refractivity contribution in [2.45, 2.75) is 32.2 Å². The van der Waals surface area contributed by atoms with Gasteiger partial charge >= 0.3 is 0 Å². The molecular weight excluding hydrogens is 356 g/mol. The summed E-state index contributed by atoms with van der Waals surface area (Å²) in [7, 11) is 0. The molecule has 26 heavy (non-hydrogen) atoms. The van der Waals surface area contributed by atoms with Gasteiger partial charge in [0.1, 0.15) is 0 Å². The summed E-state index contributed by atoms with van der Waals surface area (Å²) in [6.07, 6.45) is 0.783. The molecule has 0 radical (unpaired) electrons. The van der Waals surface area contributed by atoms with Crippen LogP contribution in [0.5, 0.6) is 0 Å². The number of benzene rings is 1. The third kappa shape index (κ3) is 6.21. The largest absolute Gasteiger partial charge is 0.351 e. The van der Waals surface area contributed by atoms with E-state index in [1.165, 1.54) is 6.07 Å². The molecule has 2 N–H and O–H groups in total. The van der Waals surface area contributed by atoms with Crippen LogP contribution < -0.4 is 10.6 Å². The maximum Gasteiger partial charge on any atom is 0.230 e. The Morgan fingerprint density at radius 3 is 2.77 bits per heavy atom. The van der Waals surface area contributed by atoms with Gasteiger partial charge in [-0.3, -0.25) is 4.79 Å². The van der Waals surface area contributed by atoms with Crippen molar-refractivity contribution in [3.05, 3.63) is 35.4 Å². The van der Waals surface area contributed by atoms with Crippen LogP contribution in [0, 0.1) is 11.6 Å². The lowest BCUT2D eigenvalue weighted by Crippen LogP contribution is -2.50. The van der Waals surface area contributed by atoms with Crippen molar-refractivity contribution in [3.63, 3.8) is 0 Å². The Labute approximate surface area is 159 Å². The first-order valence-corrected chi connectivity index (χ1v) is 10.5. The predicted molar refractivity (Wildman–Crippen MR) is 104 cm³/mol. The monoisotopic (exact) mass is 385 g/mol. The summed E-state index contributed by atoms with van der Waals surface area (Å²) in [5.41, 5.74) is 0.741. The van der Waals surface area contributed by atoms with Crippen molar-refractivity contribution in [1.29, 1.82) is 0 Å². The zero-order valence-corrected chi connectivity index (χ0v) is 16.4. The molecule has 1 aromatic rings. The summed E-state index contributed by atoms with van der Waals surface area (Å²) in [6.45, 7) is 8.73. The lowest BCUT2D eigenvalue weighted by Gasteiger charge is -2.33. The summed E-state index contributed by atoms with van der Waals surface area (Å²) in [4.78, 5) is 14.6. The number of halogens is 2. The van der Waals surface area contributed by atoms with Gasteiger partial charge in [0, 0.05) is 30.8 Å². The Balaban J connectivity index is 1.85. The van der Waals surface area contributed by atoms with Gasteiger partial charge in [-0.2, -0.15) is 11.8 Å². The Morgan fingerprint density at radius 2 is 2.08 bits per heavy atom. The van der Waals surface area contributed by atoms with Crippen LogP contribution in [0.15, 0.2) is 18.2 Å². The van der Waals surface area contributed by atoms with Gasteiger partial charge in [0.15, 0.2) is 11.6 Å². The number of carbonyl (C=O) groups is 1. The molecule has 1 heterocycles. The molecule has 1 aromatic carbocycles. The third-order valence-corrected chi connectivity index (χ3v) is 5.82. The highest BCUT2D eigenvalue weighted by Gasteiger charge is 2.28. The first-order valence-electron chi connectivity index (χ1n) is 9.30. The molecule has 1 aliphatic rings. The normalized spacial score (nSPS) is 20.3. The van der Waals surface area contributed by atoms with E-state index in [0.29, 0.717) is 12.3 Å². The molecule has 2 rings (SSSR count). The molecule has 0 aliphatic carbocycles. The standard InChI is InChI=1S/C19H29F2N3OS/c1-3-24(4-2)9-10-26-13-19(25)23-18-12-22-8-7-15(18)14-5-6-16(20)17(21)11-14/h5-6,11,15,18,22H,3-4,7-10,12-13H2,1-2H3,(H,23,25). The number of carbonyl (C=O) groups excluding carboxylic acids is 1. The van der Waals surface area contributed by atoms with Gasteiger partial charge in [-0.1, -0.05) is 19.9 Å². The molecule has 2 unspecified atom stereocenters. The van der Waals surface area contributed by atoms with Gasteiger partial charge in [0.2, 0.25) is 5.91 Å². The van der Waals surface area contributed by atoms with E-state index in [-0.39, 0.29) is 17.9 Å². The average Bonchev–Trinajstić information content (AvgIpc) is 2.64. The van der Waals surface area contributed by atoms with Crippen LogP contribution in [0.4, 0.5) is 8.78 Å². The Hall–Kier alpha value is -1.18. The van der Waals surface area contributed by atoms with E-state index in [1.807, 2.05) is 0 Å². The number of rotatable bonds is 9. The molecule has 4 nitrogen and oxygen atoms in total. The Kier molecular flexibility index (Phi) is 8.81. The van der Waals surface area contributed by atoms with Gasteiger partial charge in [-0.05, 0) is 43.8 Å². The van der Waals surface area contributed by atoms with Gasteiger partial charge in [0.25, 0.3) is 0 Å². The van der Waals surface area contributed by atoms with E-state index >= 15 is 0 Å². The minimum Gasteiger partial charge on any atom is -0.351 e. The molecule has 146 valence electrons. The van der Waals surface area contributed by atoms with Crippen LogP contribution >= 0.6 is 11.8 Å². The molecular formula is C19H29F2N3OS. The summed E-state index contributed by atoms with van der Waals surface area (Å²) in [5.74, 6) is -0.342. The zero-order chi connectivity index (χ0) is 18.9. The fraction of sp³-hybridized carbons (Fsp3) is 0.632. The maximum atomic E-state index is 13.6. The van der Waals surface area contributed by atoms with Crippen molar-refractivity contribution < 1.29 is 13.6 Å². The first-order chi connectivity index (χ1) is 12.5. The van der Waals surface area contributed by atoms with E-state index in [4.69, 9.17) is 0 Å². The lowest BCUT2D eigenvalue weighted by molar-refractivity contribution is -0.119. The van der Waals surface area contributed by atoms with Crippen LogP contribution in [-0.2, 0) is 4.79 Å². The third-order valence-electron chi connectivity index (χ3n) is 4.88. The van der Waals surface area contributed by atoms with Crippen LogP contribution in [0.1, 0.15) is 31.7 Å². The quantitative estimate of drug-likeness (QED) is 0.642. The van der Waals surface area contributed by atoms with Crippen LogP contribution in [-0.4, -0.2) is 61.1 Å². The van der Waals surface area contributed by atoms with Crippen molar-refractivity contribution in [2.75, 3.05) is 44.2 Å². The van der Waals surface area contributed by atoms with Crippen molar-refractivity contribution in [3.8, 4) is 0 Å². The molecule has 1 saturated heterocycles. The van der Waals surface area contributed by atoms with Gasteiger partial charge in [-0.25, -0.2) is 8.78 Å². The highest BCUT2D eigenvalue weighted by Crippen LogP contribution is 2.27. The van der Waals surface area contributed by atoms with E-state index in [9.17, 15) is 13.6 Å². The molecule has 0 saturated carbocycles. The predicted octanol–water partition coefficient (Wildman–Crippen LogP) is 2.60. The topological polar surface area (TPSA) is 44.4 Å². The Morgan fingerprint density at radius 1 is 1.31 bits per heavy atom. The van der Waals surface area contributed by atoms with E-state index in [2.05, 4.69) is 29.4 Å². The van der Waals surface area contributed by atoms with Gasteiger partial charge in [0.05, 0.1) is 5.75 Å². The highest BCUT2D eigenvalue weighted by molar-refractivity contribution is 7.99. The number of hydrogen-bond acceptors (Lipinski definition) is 4. The molecule has 7 heteroatoms. The van der Waals surface area contributed by atoms with Crippen LogP contribution in [0.25, 0.3) is 0 Å². The summed E-state index contributed by atoms with van der Waals surface area (Å²) in [5, 5.41) is 6.33. The smallest absolute Gasteiger partial charge is 0.230 e. The zero-order valence-electron chi connectivity index (χ0n) is 15.6. The lowest BCUT2D eigenvalue weighted by atomic mass is 9.86. The fourth-order valence-electron chi connectivity index (χ4n) is 3.30. The second-order valence-electron chi connectivity index (χ2n) is 6.53.